The average molecular weight is 514 g/mol. The molecule has 0 unspecified atom stereocenters. The van der Waals surface area contributed by atoms with E-state index in [1.807, 2.05) is 12.3 Å². The Balaban J connectivity index is 0.00000280. The van der Waals surface area contributed by atoms with E-state index in [9.17, 15) is 0 Å². The van der Waals surface area contributed by atoms with Gasteiger partial charge in [-0.1, -0.05) is 25.0 Å². The monoisotopic (exact) mass is 514 g/mol. The molecule has 0 spiro atoms. The summed E-state index contributed by atoms with van der Waals surface area (Å²) in [7, 11) is 1.73. The minimum Gasteiger partial charge on any atom is -0.497 e. The zero-order valence-corrected chi connectivity index (χ0v) is 20.1. The molecular formula is C21H31IN4OS. The van der Waals surface area contributed by atoms with Crippen LogP contribution in [0.3, 0.4) is 0 Å². The number of ether oxygens (including phenoxy) is 1. The molecule has 2 N–H and O–H groups in total. The fraction of sp³-hybridized carbons (Fsp3) is 0.524. The van der Waals surface area contributed by atoms with Crippen molar-refractivity contribution in [2.24, 2.45) is 4.99 Å². The highest BCUT2D eigenvalue weighted by Gasteiger charge is 2.36. The summed E-state index contributed by atoms with van der Waals surface area (Å²) in [5, 5.41) is 8.01. The van der Waals surface area contributed by atoms with Crippen LogP contribution in [0.4, 0.5) is 0 Å². The smallest absolute Gasteiger partial charge is 0.191 e. The molecule has 0 bridgehead atoms. The van der Waals surface area contributed by atoms with Gasteiger partial charge >= 0.3 is 0 Å². The van der Waals surface area contributed by atoms with E-state index in [4.69, 9.17) is 9.73 Å². The van der Waals surface area contributed by atoms with Crippen LogP contribution in [0.2, 0.25) is 0 Å². The van der Waals surface area contributed by atoms with E-state index < -0.39 is 0 Å². The van der Waals surface area contributed by atoms with Crippen LogP contribution in [0, 0.1) is 6.92 Å². The van der Waals surface area contributed by atoms with E-state index in [-0.39, 0.29) is 29.4 Å². The zero-order valence-electron chi connectivity index (χ0n) is 17.0. The second-order valence-electron chi connectivity index (χ2n) is 7.13. The summed E-state index contributed by atoms with van der Waals surface area (Å²) in [5.74, 6) is 1.79. The maximum atomic E-state index is 5.45. The first kappa shape index (κ1) is 22.9. The maximum Gasteiger partial charge on any atom is 0.191 e. The highest BCUT2D eigenvalue weighted by Crippen LogP contribution is 2.41. The van der Waals surface area contributed by atoms with Crippen LogP contribution in [0.1, 0.15) is 48.1 Å². The number of thiazole rings is 1. The largest absolute Gasteiger partial charge is 0.497 e. The van der Waals surface area contributed by atoms with Gasteiger partial charge in [-0.05, 0) is 44.4 Å². The van der Waals surface area contributed by atoms with Crippen molar-refractivity contribution >= 4 is 41.3 Å². The lowest BCUT2D eigenvalue weighted by molar-refractivity contribution is 0.404. The Bertz CT molecular complexity index is 771. The number of guanidine groups is 1. The third-order valence-corrected chi connectivity index (χ3v) is 6.12. The van der Waals surface area contributed by atoms with Gasteiger partial charge in [-0.3, -0.25) is 0 Å². The first-order chi connectivity index (χ1) is 13.1. The minimum atomic E-state index is 0. The van der Waals surface area contributed by atoms with Crippen molar-refractivity contribution in [2.75, 3.05) is 20.2 Å². The molecule has 0 radical (unpaired) electrons. The number of hydrogen-bond donors (Lipinski definition) is 2. The third-order valence-electron chi connectivity index (χ3n) is 5.22. The molecular weight excluding hydrogens is 483 g/mol. The fourth-order valence-corrected chi connectivity index (χ4v) is 4.50. The molecule has 1 aliphatic carbocycles. The van der Waals surface area contributed by atoms with Crippen LogP contribution >= 0.6 is 35.3 Å². The number of aliphatic imine (C=N–C) groups is 1. The predicted molar refractivity (Wildman–Crippen MR) is 128 cm³/mol. The van der Waals surface area contributed by atoms with Gasteiger partial charge in [0, 0.05) is 29.6 Å². The van der Waals surface area contributed by atoms with Crippen molar-refractivity contribution in [3.8, 4) is 5.75 Å². The molecule has 154 valence electrons. The van der Waals surface area contributed by atoms with Crippen molar-refractivity contribution in [2.45, 2.75) is 51.5 Å². The Morgan fingerprint density at radius 2 is 2.07 bits per heavy atom. The molecule has 7 heteroatoms. The lowest BCUT2D eigenvalue weighted by Gasteiger charge is -2.31. The summed E-state index contributed by atoms with van der Waals surface area (Å²) in [4.78, 5) is 10.4. The number of methoxy groups -OCH3 is 1. The third kappa shape index (κ3) is 5.83. The Morgan fingerprint density at radius 1 is 1.29 bits per heavy atom. The van der Waals surface area contributed by atoms with E-state index in [1.54, 1.807) is 18.4 Å². The lowest BCUT2D eigenvalue weighted by Crippen LogP contribution is -2.44. The molecule has 1 aromatic heterocycles. The predicted octanol–water partition coefficient (Wildman–Crippen LogP) is 4.65. The second kappa shape index (κ2) is 11.0. The zero-order chi connectivity index (χ0) is 19.1. The highest BCUT2D eigenvalue weighted by molar-refractivity contribution is 14.0. The normalized spacial score (nSPS) is 15.8. The molecule has 2 aromatic rings. The molecule has 28 heavy (non-hydrogen) atoms. The van der Waals surface area contributed by atoms with Crippen LogP contribution in [0.25, 0.3) is 0 Å². The number of aryl methyl sites for hydroxylation is 1. The molecule has 1 saturated carbocycles. The van der Waals surface area contributed by atoms with E-state index in [2.05, 4.69) is 47.7 Å². The van der Waals surface area contributed by atoms with E-state index in [0.29, 0.717) is 6.54 Å². The number of rotatable bonds is 7. The molecule has 5 nitrogen and oxygen atoms in total. The van der Waals surface area contributed by atoms with Gasteiger partial charge in [-0.15, -0.1) is 35.3 Å². The Hall–Kier alpha value is -1.35. The standard InChI is InChI=1S/C21H30N4OS.HI/c1-4-22-20(24-14-19-23-13-16(2)27-19)25-15-21(10-5-6-11-21)17-8-7-9-18(12-17)26-3;/h7-9,12-13H,4-6,10-11,14-15H2,1-3H3,(H2,22,24,25);1H. The summed E-state index contributed by atoms with van der Waals surface area (Å²) in [5.41, 5.74) is 1.50. The van der Waals surface area contributed by atoms with Gasteiger partial charge in [0.2, 0.25) is 0 Å². The van der Waals surface area contributed by atoms with E-state index in [0.717, 1.165) is 29.8 Å². The molecule has 1 fully saturated rings. The molecule has 1 aliphatic rings. The number of halogens is 1. The molecule has 1 heterocycles. The fourth-order valence-electron chi connectivity index (χ4n) is 3.79. The van der Waals surface area contributed by atoms with Crippen LogP contribution in [0.5, 0.6) is 5.75 Å². The first-order valence-electron chi connectivity index (χ1n) is 9.73. The number of hydrogen-bond acceptors (Lipinski definition) is 4. The van der Waals surface area contributed by atoms with Gasteiger partial charge in [0.1, 0.15) is 10.8 Å². The van der Waals surface area contributed by atoms with Crippen molar-refractivity contribution in [3.05, 3.63) is 45.9 Å². The molecule has 0 amide bonds. The molecule has 1 aromatic carbocycles. The summed E-state index contributed by atoms with van der Waals surface area (Å²) in [6.45, 7) is 6.50. The van der Waals surface area contributed by atoms with Gasteiger partial charge in [0.15, 0.2) is 5.96 Å². The van der Waals surface area contributed by atoms with Crippen LogP contribution < -0.4 is 15.4 Å². The van der Waals surface area contributed by atoms with E-state index >= 15 is 0 Å². The average Bonchev–Trinajstić information content (AvgIpc) is 3.34. The number of nitrogens with zero attached hydrogens (tertiary/aromatic N) is 2. The minimum absolute atomic E-state index is 0. The maximum absolute atomic E-state index is 5.45. The lowest BCUT2D eigenvalue weighted by atomic mass is 9.78. The first-order valence-corrected chi connectivity index (χ1v) is 10.5. The van der Waals surface area contributed by atoms with Crippen molar-refractivity contribution in [1.29, 1.82) is 0 Å². The molecule has 3 rings (SSSR count). The van der Waals surface area contributed by atoms with E-state index in [1.165, 1.54) is 36.1 Å². The van der Waals surface area contributed by atoms with Crippen molar-refractivity contribution in [1.82, 2.24) is 15.6 Å². The van der Waals surface area contributed by atoms with Crippen LogP contribution in [-0.4, -0.2) is 31.1 Å². The second-order valence-corrected chi connectivity index (χ2v) is 8.45. The topological polar surface area (TPSA) is 58.5 Å². The summed E-state index contributed by atoms with van der Waals surface area (Å²) >= 11 is 1.70. The van der Waals surface area contributed by atoms with Gasteiger partial charge in [0.05, 0.1) is 13.7 Å². The van der Waals surface area contributed by atoms with Crippen molar-refractivity contribution in [3.63, 3.8) is 0 Å². The van der Waals surface area contributed by atoms with Gasteiger partial charge in [-0.2, -0.15) is 0 Å². The molecule has 0 aliphatic heterocycles. The Morgan fingerprint density at radius 3 is 2.71 bits per heavy atom. The Labute approximate surface area is 189 Å². The van der Waals surface area contributed by atoms with Gasteiger partial charge in [-0.25, -0.2) is 9.98 Å². The van der Waals surface area contributed by atoms with Gasteiger partial charge < -0.3 is 15.4 Å². The van der Waals surface area contributed by atoms with Gasteiger partial charge in [0.25, 0.3) is 0 Å². The molecule has 0 atom stereocenters. The number of nitrogens with one attached hydrogen (secondary N) is 2. The summed E-state index contributed by atoms with van der Waals surface area (Å²) < 4.78 is 5.45. The van der Waals surface area contributed by atoms with Crippen molar-refractivity contribution < 1.29 is 4.74 Å². The summed E-state index contributed by atoms with van der Waals surface area (Å²) in [6.07, 6.45) is 6.83. The Kier molecular flexibility index (Phi) is 9.01. The number of benzene rings is 1. The SMILES string of the molecule is CCNC(=NCc1ncc(C)s1)NCC1(c2cccc(OC)c2)CCCC1.I. The summed E-state index contributed by atoms with van der Waals surface area (Å²) in [6, 6.07) is 8.53. The van der Waals surface area contributed by atoms with Crippen LogP contribution in [-0.2, 0) is 12.0 Å². The quantitative estimate of drug-likeness (QED) is 0.321. The molecule has 0 saturated heterocycles. The van der Waals surface area contributed by atoms with Crippen LogP contribution in [0.15, 0.2) is 35.5 Å². The number of aromatic nitrogens is 1. The highest BCUT2D eigenvalue weighted by atomic mass is 127.